The Bertz CT molecular complexity index is 649. The number of anilines is 1. The maximum absolute atomic E-state index is 8.96. The van der Waals surface area contributed by atoms with Crippen LogP contribution in [0.15, 0.2) is 48.7 Å². The Morgan fingerprint density at radius 2 is 2.20 bits per heavy atom. The first-order valence-electron chi connectivity index (χ1n) is 6.48. The summed E-state index contributed by atoms with van der Waals surface area (Å²) in [4.78, 5) is 8.26. The van der Waals surface area contributed by atoms with Gasteiger partial charge in [-0.15, -0.1) is 0 Å². The van der Waals surface area contributed by atoms with E-state index in [1.165, 1.54) is 0 Å². The summed E-state index contributed by atoms with van der Waals surface area (Å²) in [6, 6.07) is 4.02. The molecule has 0 unspecified atom stereocenters. The molecule has 1 aromatic rings. The van der Waals surface area contributed by atoms with Gasteiger partial charge in [-0.1, -0.05) is 20.1 Å². The standard InChI is InChI=1S/C16H18N4/c1-6-11(2)15-10-20(13(4)19(15)5)16-7-12(3)14(8-17)9-18-16/h7,9-10H,2,4,6H2,1,3,5H3. The largest absolute Gasteiger partial charge is 0.330 e. The average Bonchev–Trinajstić information content (AvgIpc) is 2.74. The molecule has 0 fully saturated rings. The third kappa shape index (κ3) is 2.19. The molecule has 2 rings (SSSR count). The third-order valence-electron chi connectivity index (χ3n) is 3.53. The molecule has 0 bridgehead atoms. The molecule has 0 aliphatic carbocycles. The van der Waals surface area contributed by atoms with E-state index < -0.39 is 0 Å². The van der Waals surface area contributed by atoms with Gasteiger partial charge >= 0.3 is 0 Å². The highest BCUT2D eigenvalue weighted by atomic mass is 15.4. The Kier molecular flexibility index (Phi) is 3.62. The van der Waals surface area contributed by atoms with E-state index in [1.807, 2.05) is 36.0 Å². The fraction of sp³-hybridized carbons (Fsp3) is 0.250. The van der Waals surface area contributed by atoms with E-state index in [1.54, 1.807) is 6.20 Å². The molecule has 4 heteroatoms. The van der Waals surface area contributed by atoms with Crippen molar-refractivity contribution in [3.63, 3.8) is 0 Å². The molecular weight excluding hydrogens is 248 g/mol. The number of likely N-dealkylation sites (N-methyl/N-ethyl adjacent to an activating group) is 1. The van der Waals surface area contributed by atoms with Crippen LogP contribution in [0.3, 0.4) is 0 Å². The van der Waals surface area contributed by atoms with Crippen molar-refractivity contribution in [3.05, 3.63) is 59.8 Å². The summed E-state index contributed by atoms with van der Waals surface area (Å²) in [5.74, 6) is 1.59. The number of hydrogen-bond donors (Lipinski definition) is 0. The normalized spacial score (nSPS) is 14.3. The molecule has 0 N–H and O–H groups in total. The number of nitriles is 1. The second-order valence-electron chi connectivity index (χ2n) is 4.79. The molecule has 1 aromatic heterocycles. The van der Waals surface area contributed by atoms with Crippen LogP contribution in [0.1, 0.15) is 24.5 Å². The first-order valence-corrected chi connectivity index (χ1v) is 6.48. The first kappa shape index (κ1) is 13.9. The average molecular weight is 266 g/mol. The van der Waals surface area contributed by atoms with Crippen LogP contribution in [0.4, 0.5) is 5.82 Å². The van der Waals surface area contributed by atoms with E-state index in [9.17, 15) is 0 Å². The third-order valence-corrected chi connectivity index (χ3v) is 3.53. The van der Waals surface area contributed by atoms with Crippen molar-refractivity contribution in [2.45, 2.75) is 20.3 Å². The van der Waals surface area contributed by atoms with Crippen molar-refractivity contribution in [1.29, 1.82) is 5.26 Å². The number of aryl methyl sites for hydroxylation is 1. The van der Waals surface area contributed by atoms with Crippen LogP contribution in [0.5, 0.6) is 0 Å². The highest BCUT2D eigenvalue weighted by Crippen LogP contribution is 2.32. The summed E-state index contributed by atoms with van der Waals surface area (Å²) in [7, 11) is 1.96. The molecule has 2 heterocycles. The number of rotatable bonds is 3. The van der Waals surface area contributed by atoms with Gasteiger partial charge in [-0.05, 0) is 30.5 Å². The second-order valence-corrected chi connectivity index (χ2v) is 4.79. The summed E-state index contributed by atoms with van der Waals surface area (Å²) in [5, 5.41) is 8.96. The van der Waals surface area contributed by atoms with Gasteiger partial charge in [0.25, 0.3) is 0 Å². The monoisotopic (exact) mass is 266 g/mol. The van der Waals surface area contributed by atoms with Crippen molar-refractivity contribution >= 4 is 5.82 Å². The van der Waals surface area contributed by atoms with Gasteiger partial charge in [0.1, 0.15) is 17.7 Å². The van der Waals surface area contributed by atoms with Gasteiger partial charge < -0.3 is 4.90 Å². The lowest BCUT2D eigenvalue weighted by Gasteiger charge is -2.22. The van der Waals surface area contributed by atoms with Crippen LogP contribution >= 0.6 is 0 Å². The fourth-order valence-corrected chi connectivity index (χ4v) is 2.08. The summed E-state index contributed by atoms with van der Waals surface area (Å²) in [5.41, 5.74) is 3.60. The summed E-state index contributed by atoms with van der Waals surface area (Å²) < 4.78 is 0. The SMILES string of the molecule is C=C(CC)C1=CN(c2cc(C)c(C#N)cn2)C(=C)N1C. The van der Waals surface area contributed by atoms with E-state index >= 15 is 0 Å². The fourth-order valence-electron chi connectivity index (χ4n) is 2.08. The van der Waals surface area contributed by atoms with E-state index in [4.69, 9.17) is 5.26 Å². The lowest BCUT2D eigenvalue weighted by molar-refractivity contribution is 0.546. The van der Waals surface area contributed by atoms with Crippen molar-refractivity contribution < 1.29 is 0 Å². The number of hydrogen-bond acceptors (Lipinski definition) is 4. The van der Waals surface area contributed by atoms with Crippen LogP contribution in [0.2, 0.25) is 0 Å². The maximum Gasteiger partial charge on any atom is 0.138 e. The molecule has 0 aromatic carbocycles. The van der Waals surface area contributed by atoms with E-state index in [0.717, 1.165) is 34.9 Å². The van der Waals surface area contributed by atoms with E-state index in [-0.39, 0.29) is 0 Å². The molecule has 4 nitrogen and oxygen atoms in total. The van der Waals surface area contributed by atoms with Gasteiger partial charge in [-0.25, -0.2) is 4.98 Å². The minimum absolute atomic E-state index is 0.592. The quantitative estimate of drug-likeness (QED) is 0.842. The Morgan fingerprint density at radius 1 is 1.50 bits per heavy atom. The molecule has 0 atom stereocenters. The van der Waals surface area contributed by atoms with Crippen LogP contribution in [0.25, 0.3) is 0 Å². The predicted octanol–water partition coefficient (Wildman–Crippen LogP) is 3.29. The number of aromatic nitrogens is 1. The molecule has 1 aliphatic rings. The number of pyridine rings is 1. The predicted molar refractivity (Wildman–Crippen MR) is 80.6 cm³/mol. The van der Waals surface area contributed by atoms with Gasteiger partial charge in [0.2, 0.25) is 0 Å². The Balaban J connectivity index is 2.41. The molecule has 0 amide bonds. The zero-order valence-electron chi connectivity index (χ0n) is 12.1. The van der Waals surface area contributed by atoms with Gasteiger partial charge in [0, 0.05) is 19.4 Å². The second kappa shape index (κ2) is 5.22. The molecule has 0 saturated heterocycles. The highest BCUT2D eigenvalue weighted by Gasteiger charge is 2.25. The topological polar surface area (TPSA) is 43.2 Å². The van der Waals surface area contributed by atoms with Crippen LogP contribution in [-0.2, 0) is 0 Å². The van der Waals surface area contributed by atoms with Crippen molar-refractivity contribution in [3.8, 4) is 6.07 Å². The van der Waals surface area contributed by atoms with Crippen LogP contribution in [-0.4, -0.2) is 16.9 Å². The molecule has 20 heavy (non-hydrogen) atoms. The zero-order chi connectivity index (χ0) is 14.9. The number of allylic oxidation sites excluding steroid dienone is 1. The molecule has 0 spiro atoms. The first-order chi connectivity index (χ1) is 9.49. The van der Waals surface area contributed by atoms with Gasteiger partial charge in [0.05, 0.1) is 11.3 Å². The smallest absolute Gasteiger partial charge is 0.138 e. The zero-order valence-corrected chi connectivity index (χ0v) is 12.1. The Labute approximate surface area is 120 Å². The number of nitrogens with zero attached hydrogens (tertiary/aromatic N) is 4. The molecule has 102 valence electrons. The van der Waals surface area contributed by atoms with Gasteiger partial charge in [0.15, 0.2) is 0 Å². The maximum atomic E-state index is 8.96. The van der Waals surface area contributed by atoms with Crippen LogP contribution < -0.4 is 4.90 Å². The Morgan fingerprint density at radius 3 is 2.75 bits per heavy atom. The molecular formula is C16H18N4. The van der Waals surface area contributed by atoms with E-state index in [2.05, 4.69) is 31.1 Å². The lowest BCUT2D eigenvalue weighted by Crippen LogP contribution is -2.20. The lowest BCUT2D eigenvalue weighted by atomic mass is 10.1. The minimum Gasteiger partial charge on any atom is -0.330 e. The molecule has 0 saturated carbocycles. The van der Waals surface area contributed by atoms with Gasteiger partial charge in [-0.3, -0.25) is 4.90 Å². The molecule has 1 aliphatic heterocycles. The molecule has 0 radical (unpaired) electrons. The summed E-state index contributed by atoms with van der Waals surface area (Å²) in [6.45, 7) is 12.1. The van der Waals surface area contributed by atoms with Crippen molar-refractivity contribution in [1.82, 2.24) is 9.88 Å². The van der Waals surface area contributed by atoms with Gasteiger partial charge in [-0.2, -0.15) is 5.26 Å². The summed E-state index contributed by atoms with van der Waals surface area (Å²) >= 11 is 0. The van der Waals surface area contributed by atoms with Crippen LogP contribution in [0, 0.1) is 18.3 Å². The van der Waals surface area contributed by atoms with E-state index in [0.29, 0.717) is 5.56 Å². The summed E-state index contributed by atoms with van der Waals surface area (Å²) in [6.07, 6.45) is 4.47. The minimum atomic E-state index is 0.592. The van der Waals surface area contributed by atoms with Crippen molar-refractivity contribution in [2.24, 2.45) is 0 Å². The Hall–Kier alpha value is -2.54. The van der Waals surface area contributed by atoms with Crippen molar-refractivity contribution in [2.75, 3.05) is 11.9 Å². The highest BCUT2D eigenvalue weighted by molar-refractivity contribution is 5.58.